The van der Waals surface area contributed by atoms with E-state index in [9.17, 15) is 4.89 Å². The summed E-state index contributed by atoms with van der Waals surface area (Å²) in [7, 11) is -3.86. The quantitative estimate of drug-likeness (QED) is 0.284. The molecule has 5 heteroatoms. The molecule has 1 heterocycles. The van der Waals surface area contributed by atoms with Gasteiger partial charge in [-0.2, -0.15) is 0 Å². The second kappa shape index (κ2) is 7.86. The van der Waals surface area contributed by atoms with Crippen LogP contribution in [0.2, 0.25) is 0 Å². The van der Waals surface area contributed by atoms with E-state index in [1.165, 1.54) is 0 Å². The molecule has 2 N–H and O–H groups in total. The van der Waals surface area contributed by atoms with Crippen LogP contribution in [0.5, 0.6) is 11.5 Å². The van der Waals surface area contributed by atoms with E-state index < -0.39 is 8.09 Å². The molecule has 0 aromatic heterocycles. The molecule has 0 saturated heterocycles. The van der Waals surface area contributed by atoms with Crippen LogP contribution in [-0.2, 0) is 0 Å². The number of benzene rings is 5. The van der Waals surface area contributed by atoms with Crippen molar-refractivity contribution in [2.75, 3.05) is 0 Å². The summed E-state index contributed by atoms with van der Waals surface area (Å²) in [6.45, 7) is 2.00. The first-order chi connectivity index (χ1) is 16.1. The second-order valence-corrected chi connectivity index (χ2v) is 10.2. The van der Waals surface area contributed by atoms with Gasteiger partial charge in [-0.05, 0) is 0 Å². The van der Waals surface area contributed by atoms with Gasteiger partial charge in [-0.15, -0.1) is 0 Å². The molecule has 5 aromatic rings. The molecule has 0 radical (unpaired) electrons. The van der Waals surface area contributed by atoms with E-state index >= 15 is 0 Å². The van der Waals surface area contributed by atoms with Gasteiger partial charge in [-0.25, -0.2) is 0 Å². The summed E-state index contributed by atoms with van der Waals surface area (Å²) < 4.78 is 12.7. The predicted octanol–water partition coefficient (Wildman–Crippen LogP) is 7.18. The summed E-state index contributed by atoms with van der Waals surface area (Å²) in [5, 5.41) is 7.62. The molecule has 0 fully saturated rings. The van der Waals surface area contributed by atoms with E-state index in [-0.39, 0.29) is 6.04 Å². The zero-order valence-corrected chi connectivity index (χ0v) is 19.2. The summed E-state index contributed by atoms with van der Waals surface area (Å²) in [5.41, 5.74) is 2.93. The molecule has 0 saturated carbocycles. The average molecular weight is 453 g/mol. The Hall–Kier alpha value is -3.43. The molecule has 33 heavy (non-hydrogen) atoms. The Morgan fingerprint density at radius 1 is 0.636 bits per heavy atom. The third kappa shape index (κ3) is 3.53. The van der Waals surface area contributed by atoms with Crippen LogP contribution in [0, 0.1) is 0 Å². The molecule has 0 aliphatic carbocycles. The third-order valence-electron chi connectivity index (χ3n) is 6.23. The van der Waals surface area contributed by atoms with E-state index in [1.54, 1.807) is 0 Å². The van der Waals surface area contributed by atoms with Crippen molar-refractivity contribution < 1.29 is 13.9 Å². The van der Waals surface area contributed by atoms with Crippen LogP contribution in [-0.4, -0.2) is 4.89 Å². The Morgan fingerprint density at radius 2 is 1.12 bits per heavy atom. The first-order valence-electron chi connectivity index (χ1n) is 11.1. The fraction of sp³-hybridized carbons (Fsp3) is 0.0714. The van der Waals surface area contributed by atoms with Crippen LogP contribution in [0.1, 0.15) is 18.5 Å². The number of fused-ring (bicyclic) bond motifs is 7. The molecule has 0 spiro atoms. The Labute approximate surface area is 193 Å². The van der Waals surface area contributed by atoms with Crippen LogP contribution < -0.4 is 14.1 Å². The van der Waals surface area contributed by atoms with E-state index in [0.29, 0.717) is 11.5 Å². The SMILES string of the molecule is C[C@H](N[PH]1(O)Oc2ccc3ccccc3c2-c2c(ccc3ccccc23)O1)c1ccccc1. The van der Waals surface area contributed by atoms with Crippen LogP contribution in [0.15, 0.2) is 103 Å². The Morgan fingerprint density at radius 3 is 1.67 bits per heavy atom. The molecule has 0 bridgehead atoms. The van der Waals surface area contributed by atoms with Crippen molar-refractivity contribution >= 4 is 29.6 Å². The van der Waals surface area contributed by atoms with Crippen molar-refractivity contribution in [1.29, 1.82) is 0 Å². The molecule has 1 aliphatic rings. The maximum absolute atomic E-state index is 11.7. The molecule has 0 amide bonds. The summed E-state index contributed by atoms with van der Waals surface area (Å²) in [6.07, 6.45) is 0. The first kappa shape index (κ1) is 20.2. The number of hydrogen-bond acceptors (Lipinski definition) is 4. The van der Waals surface area contributed by atoms with Crippen molar-refractivity contribution in [3.63, 3.8) is 0 Å². The Bertz CT molecular complexity index is 1400. The topological polar surface area (TPSA) is 50.7 Å². The van der Waals surface area contributed by atoms with Gasteiger partial charge in [-0.1, -0.05) is 0 Å². The Balaban J connectivity index is 1.58. The normalized spacial score (nSPS) is 16.1. The van der Waals surface area contributed by atoms with Crippen LogP contribution in [0.25, 0.3) is 32.7 Å². The van der Waals surface area contributed by atoms with Gasteiger partial charge in [0.25, 0.3) is 0 Å². The molecular weight excluding hydrogens is 429 g/mol. The summed E-state index contributed by atoms with van der Waals surface area (Å²) in [5.74, 6) is 1.23. The van der Waals surface area contributed by atoms with Gasteiger partial charge in [0.1, 0.15) is 0 Å². The third-order valence-corrected chi connectivity index (χ3v) is 8.02. The molecule has 6 rings (SSSR count). The van der Waals surface area contributed by atoms with E-state index in [2.05, 4.69) is 29.4 Å². The van der Waals surface area contributed by atoms with Gasteiger partial charge in [-0.3, -0.25) is 0 Å². The van der Waals surface area contributed by atoms with Gasteiger partial charge < -0.3 is 0 Å². The fourth-order valence-electron chi connectivity index (χ4n) is 4.67. The van der Waals surface area contributed by atoms with Gasteiger partial charge in [0, 0.05) is 0 Å². The van der Waals surface area contributed by atoms with Crippen molar-refractivity contribution in [3.8, 4) is 22.6 Å². The van der Waals surface area contributed by atoms with Gasteiger partial charge in [0.2, 0.25) is 0 Å². The fourth-order valence-corrected chi connectivity index (χ4v) is 6.48. The second-order valence-electron chi connectivity index (χ2n) is 8.38. The molecule has 1 aliphatic heterocycles. The monoisotopic (exact) mass is 453 g/mol. The van der Waals surface area contributed by atoms with E-state index in [1.807, 2.05) is 85.8 Å². The van der Waals surface area contributed by atoms with Crippen molar-refractivity contribution in [1.82, 2.24) is 5.09 Å². The molecule has 5 aromatic carbocycles. The van der Waals surface area contributed by atoms with E-state index in [4.69, 9.17) is 9.05 Å². The van der Waals surface area contributed by atoms with Crippen LogP contribution >= 0.6 is 8.09 Å². The number of hydrogen-bond donors (Lipinski definition) is 2. The summed E-state index contributed by atoms with van der Waals surface area (Å²) in [6, 6.07) is 34.2. The van der Waals surface area contributed by atoms with Crippen molar-refractivity contribution in [3.05, 3.63) is 109 Å². The van der Waals surface area contributed by atoms with Crippen molar-refractivity contribution in [2.24, 2.45) is 0 Å². The molecule has 164 valence electrons. The summed E-state index contributed by atoms with van der Waals surface area (Å²) >= 11 is 0. The number of nitrogens with one attached hydrogen (secondary N) is 1. The minimum absolute atomic E-state index is 0.159. The zero-order chi connectivity index (χ0) is 22.4. The van der Waals surface area contributed by atoms with E-state index in [0.717, 1.165) is 38.2 Å². The van der Waals surface area contributed by atoms with Gasteiger partial charge in [0.15, 0.2) is 0 Å². The predicted molar refractivity (Wildman–Crippen MR) is 137 cm³/mol. The summed E-state index contributed by atoms with van der Waals surface area (Å²) in [4.78, 5) is 11.7. The molecule has 4 nitrogen and oxygen atoms in total. The maximum atomic E-state index is 11.7. The van der Waals surface area contributed by atoms with Gasteiger partial charge in [0.05, 0.1) is 0 Å². The number of rotatable bonds is 3. The zero-order valence-electron chi connectivity index (χ0n) is 18.2. The van der Waals surface area contributed by atoms with Crippen molar-refractivity contribution in [2.45, 2.75) is 13.0 Å². The standard InChI is InChI=1S/C28H24NO3P/c1-19(20-9-3-2-4-10-20)29-33(30)31-25-17-15-21-11-5-7-13-23(21)27(25)28-24-14-8-6-12-22(24)16-18-26(28)32-33/h2-19,29-30,33H,1H3/t19-/m0/s1. The minimum atomic E-state index is -3.86. The Kier molecular flexibility index (Phi) is 4.81. The van der Waals surface area contributed by atoms with Crippen LogP contribution in [0.4, 0.5) is 0 Å². The molecule has 1 atom stereocenters. The molecule has 0 unspecified atom stereocenters. The van der Waals surface area contributed by atoms with Gasteiger partial charge >= 0.3 is 193 Å². The molecular formula is C28H24NO3P. The first-order valence-corrected chi connectivity index (χ1v) is 12.8. The van der Waals surface area contributed by atoms with Crippen LogP contribution in [0.3, 0.4) is 0 Å². The average Bonchev–Trinajstić information content (AvgIpc) is 2.98.